The van der Waals surface area contributed by atoms with Gasteiger partial charge in [-0.15, -0.1) is 0 Å². The highest BCUT2D eigenvalue weighted by Crippen LogP contribution is 2.26. The van der Waals surface area contributed by atoms with Gasteiger partial charge in [0.1, 0.15) is 26.2 Å². The summed E-state index contributed by atoms with van der Waals surface area (Å²) in [6.07, 6.45) is 2.22. The second kappa shape index (κ2) is 10.5. The Bertz CT molecular complexity index is 356. The van der Waals surface area contributed by atoms with Crippen molar-refractivity contribution in [1.29, 1.82) is 0 Å². The van der Waals surface area contributed by atoms with Crippen LogP contribution in [-0.4, -0.2) is 46.9 Å². The Morgan fingerprint density at radius 2 is 1.65 bits per heavy atom. The van der Waals surface area contributed by atoms with Crippen LogP contribution in [0.25, 0.3) is 0 Å². The minimum absolute atomic E-state index is 0.719. The first-order valence-corrected chi connectivity index (χ1v) is 7.69. The van der Waals surface area contributed by atoms with Gasteiger partial charge in [-0.1, -0.05) is 25.5 Å². The molecule has 0 atom stereocenters. The molecule has 0 radical (unpaired) electrons. The summed E-state index contributed by atoms with van der Waals surface area (Å²) in [6, 6.07) is 7.93. The topological polar surface area (TPSA) is 39.5 Å². The molecule has 1 aromatic carbocycles. The number of nitrogens with one attached hydrogen (secondary N) is 1. The summed E-state index contributed by atoms with van der Waals surface area (Å²) in [6.45, 7) is 6.94. The van der Waals surface area contributed by atoms with Crippen molar-refractivity contribution >= 4 is 0 Å². The zero-order chi connectivity index (χ0) is 14.6. The van der Waals surface area contributed by atoms with E-state index >= 15 is 0 Å². The molecule has 0 spiro atoms. The van der Waals surface area contributed by atoms with Gasteiger partial charge in [0.2, 0.25) is 0 Å². The molecule has 20 heavy (non-hydrogen) atoms. The number of quaternary nitrogens is 2. The van der Waals surface area contributed by atoms with E-state index in [2.05, 4.69) is 26.3 Å². The van der Waals surface area contributed by atoms with Crippen LogP contribution in [0.2, 0.25) is 0 Å². The maximum absolute atomic E-state index is 5.81. The zero-order valence-corrected chi connectivity index (χ0v) is 13.2. The summed E-state index contributed by atoms with van der Waals surface area (Å²) < 4.78 is 11.6. The number of hydrogen-bond acceptors (Lipinski definition) is 2. The number of benzene rings is 1. The van der Waals surface area contributed by atoms with E-state index in [1.54, 1.807) is 0 Å². The Labute approximate surface area is 123 Å². The average molecular weight is 282 g/mol. The van der Waals surface area contributed by atoms with Crippen LogP contribution < -0.4 is 19.7 Å². The van der Waals surface area contributed by atoms with Crippen LogP contribution >= 0.6 is 0 Å². The summed E-state index contributed by atoms with van der Waals surface area (Å²) in [4.78, 5) is 1.48. The number of unbranched alkanes of at least 4 members (excludes halogenated alkanes) is 1. The summed E-state index contributed by atoms with van der Waals surface area (Å²) in [7, 11) is 4.35. The Hall–Kier alpha value is -1.26. The van der Waals surface area contributed by atoms with E-state index in [0.29, 0.717) is 0 Å². The number of hydrogen-bond donors (Lipinski definition) is 2. The number of para-hydroxylation sites is 2. The van der Waals surface area contributed by atoms with Crippen LogP contribution in [0.15, 0.2) is 24.3 Å². The lowest BCUT2D eigenvalue weighted by atomic mass is 10.3. The van der Waals surface area contributed by atoms with E-state index in [-0.39, 0.29) is 0 Å². The van der Waals surface area contributed by atoms with Gasteiger partial charge in [-0.2, -0.15) is 0 Å². The number of nitrogens with two attached hydrogens (primary N) is 1. The highest BCUT2D eigenvalue weighted by Gasteiger charge is 2.04. The molecule has 0 heterocycles. The lowest BCUT2D eigenvalue weighted by Crippen LogP contribution is -3.09. The molecule has 4 nitrogen and oxygen atoms in total. The Morgan fingerprint density at radius 1 is 1.00 bits per heavy atom. The monoisotopic (exact) mass is 282 g/mol. The number of ether oxygens (including phenoxy) is 2. The van der Waals surface area contributed by atoms with Crippen molar-refractivity contribution in [3.8, 4) is 11.5 Å². The fraction of sp³-hybridized carbons (Fsp3) is 0.625. The average Bonchev–Trinajstić information content (AvgIpc) is 2.44. The van der Waals surface area contributed by atoms with Crippen LogP contribution in [0.3, 0.4) is 0 Å². The third kappa shape index (κ3) is 7.36. The molecule has 0 aliphatic heterocycles. The second-order valence-corrected chi connectivity index (χ2v) is 5.32. The molecule has 0 fully saturated rings. The summed E-state index contributed by atoms with van der Waals surface area (Å²) >= 11 is 0. The van der Waals surface area contributed by atoms with Gasteiger partial charge < -0.3 is 19.7 Å². The standard InChI is InChI=1S/C16H28N2O2/c1-4-5-13-19-15-8-6-7-9-16(15)20-14-11-17-10-12-18(2)3/h6-9,17H,4-5,10-14H2,1-3H3/p+2. The molecule has 0 aliphatic rings. The molecule has 3 N–H and O–H groups in total. The minimum atomic E-state index is 0.719. The van der Waals surface area contributed by atoms with E-state index in [1.807, 2.05) is 24.3 Å². The van der Waals surface area contributed by atoms with Crippen molar-refractivity contribution in [3.05, 3.63) is 24.3 Å². The molecule has 4 heteroatoms. The third-order valence-electron chi connectivity index (χ3n) is 3.03. The molecule has 0 saturated heterocycles. The highest BCUT2D eigenvalue weighted by molar-refractivity contribution is 5.39. The third-order valence-corrected chi connectivity index (χ3v) is 3.03. The fourth-order valence-electron chi connectivity index (χ4n) is 1.80. The Balaban J connectivity index is 2.25. The van der Waals surface area contributed by atoms with Crippen molar-refractivity contribution in [3.63, 3.8) is 0 Å². The van der Waals surface area contributed by atoms with Gasteiger partial charge in [0.25, 0.3) is 0 Å². The predicted molar refractivity (Wildman–Crippen MR) is 81.7 cm³/mol. The van der Waals surface area contributed by atoms with Crippen molar-refractivity contribution in [1.82, 2.24) is 0 Å². The van der Waals surface area contributed by atoms with E-state index < -0.39 is 0 Å². The van der Waals surface area contributed by atoms with E-state index in [9.17, 15) is 0 Å². The molecular weight excluding hydrogens is 252 g/mol. The summed E-state index contributed by atoms with van der Waals surface area (Å²) in [5, 5.41) is 2.30. The molecule has 1 rings (SSSR count). The van der Waals surface area contributed by atoms with Gasteiger partial charge >= 0.3 is 0 Å². The molecule has 1 aromatic rings. The highest BCUT2D eigenvalue weighted by atomic mass is 16.5. The minimum Gasteiger partial charge on any atom is -0.490 e. The van der Waals surface area contributed by atoms with E-state index in [4.69, 9.17) is 9.47 Å². The first kappa shape index (κ1) is 16.8. The SMILES string of the molecule is CCCCOc1ccccc1OCC[NH2+]CC[NH+](C)C. The number of likely N-dealkylation sites (N-methyl/N-ethyl adjacent to an activating group) is 1. The quantitative estimate of drug-likeness (QED) is 0.559. The van der Waals surface area contributed by atoms with Crippen molar-refractivity contribution < 1.29 is 19.7 Å². The molecule has 114 valence electrons. The maximum Gasteiger partial charge on any atom is 0.161 e. The van der Waals surface area contributed by atoms with Crippen LogP contribution in [-0.2, 0) is 0 Å². The van der Waals surface area contributed by atoms with Crippen LogP contribution in [0, 0.1) is 0 Å². The molecule has 0 aromatic heterocycles. The van der Waals surface area contributed by atoms with Crippen molar-refractivity contribution in [2.45, 2.75) is 19.8 Å². The zero-order valence-electron chi connectivity index (χ0n) is 13.2. The Kier molecular flexibility index (Phi) is 8.83. The maximum atomic E-state index is 5.81. The summed E-state index contributed by atoms with van der Waals surface area (Å²) in [5.41, 5.74) is 0. The molecular formula is C16H30N2O2+2. The van der Waals surface area contributed by atoms with Crippen LogP contribution in [0.5, 0.6) is 11.5 Å². The first-order valence-electron chi connectivity index (χ1n) is 7.69. The second-order valence-electron chi connectivity index (χ2n) is 5.32. The molecule has 0 amide bonds. The predicted octanol–water partition coefficient (Wildman–Crippen LogP) is -0.0478. The lowest BCUT2D eigenvalue weighted by molar-refractivity contribution is -0.874. The first-order chi connectivity index (χ1) is 9.74. The summed E-state index contributed by atoms with van der Waals surface area (Å²) in [5.74, 6) is 1.72. The Morgan fingerprint density at radius 3 is 2.25 bits per heavy atom. The van der Waals surface area contributed by atoms with Gasteiger partial charge in [0.05, 0.1) is 20.7 Å². The number of rotatable bonds is 11. The fourth-order valence-corrected chi connectivity index (χ4v) is 1.80. The normalized spacial score (nSPS) is 10.8. The smallest absolute Gasteiger partial charge is 0.161 e. The van der Waals surface area contributed by atoms with Crippen molar-refractivity contribution in [2.75, 3.05) is 46.9 Å². The van der Waals surface area contributed by atoms with E-state index in [1.165, 1.54) is 11.4 Å². The van der Waals surface area contributed by atoms with Gasteiger partial charge in [-0.25, -0.2) is 0 Å². The molecule has 0 bridgehead atoms. The largest absolute Gasteiger partial charge is 0.490 e. The van der Waals surface area contributed by atoms with Crippen LogP contribution in [0.4, 0.5) is 0 Å². The van der Waals surface area contributed by atoms with Gasteiger partial charge in [0.15, 0.2) is 11.5 Å². The van der Waals surface area contributed by atoms with Crippen molar-refractivity contribution in [2.24, 2.45) is 0 Å². The van der Waals surface area contributed by atoms with Crippen LogP contribution in [0.1, 0.15) is 19.8 Å². The lowest BCUT2D eigenvalue weighted by Gasteiger charge is -2.12. The molecule has 0 saturated carbocycles. The van der Waals surface area contributed by atoms with Gasteiger partial charge in [-0.3, -0.25) is 0 Å². The van der Waals surface area contributed by atoms with Gasteiger partial charge in [0, 0.05) is 0 Å². The van der Waals surface area contributed by atoms with Gasteiger partial charge in [-0.05, 0) is 18.6 Å². The van der Waals surface area contributed by atoms with E-state index in [0.717, 1.165) is 50.6 Å². The molecule has 0 aliphatic carbocycles. The molecule has 0 unspecified atom stereocenters.